The highest BCUT2D eigenvalue weighted by molar-refractivity contribution is 5.74. The van der Waals surface area contributed by atoms with Gasteiger partial charge in [0.2, 0.25) is 0 Å². The predicted molar refractivity (Wildman–Crippen MR) is 96.3 cm³/mol. The number of rotatable bonds is 6. The summed E-state index contributed by atoms with van der Waals surface area (Å²) in [6, 6.07) is 17.6. The summed E-state index contributed by atoms with van der Waals surface area (Å²) in [4.78, 5) is 14.0. The van der Waals surface area contributed by atoms with Crippen molar-refractivity contribution in [2.45, 2.75) is 32.0 Å². The van der Waals surface area contributed by atoms with Crippen molar-refractivity contribution >= 4 is 6.03 Å². The maximum absolute atomic E-state index is 12.3. The van der Waals surface area contributed by atoms with Crippen molar-refractivity contribution in [1.82, 2.24) is 10.2 Å². The summed E-state index contributed by atoms with van der Waals surface area (Å²) in [5.41, 5.74) is 2.10. The number of aliphatic hydroxyl groups is 1. The molecule has 1 unspecified atom stereocenters. The fraction of sp³-hybridized carbons (Fsp3) is 0.350. The van der Waals surface area contributed by atoms with Crippen LogP contribution in [-0.2, 0) is 13.2 Å². The van der Waals surface area contributed by atoms with Crippen LogP contribution in [0.3, 0.4) is 0 Å². The Labute approximate surface area is 148 Å². The van der Waals surface area contributed by atoms with E-state index in [1.165, 1.54) is 0 Å². The zero-order chi connectivity index (χ0) is 17.5. The number of hydrogen-bond donors (Lipinski definition) is 2. The van der Waals surface area contributed by atoms with Crippen molar-refractivity contribution in [2.75, 3.05) is 13.2 Å². The minimum Gasteiger partial charge on any atom is -0.489 e. The van der Waals surface area contributed by atoms with Crippen molar-refractivity contribution in [3.63, 3.8) is 0 Å². The van der Waals surface area contributed by atoms with Crippen LogP contribution in [0, 0.1) is 0 Å². The minimum absolute atomic E-state index is 0.0240. The molecule has 2 aromatic carbocycles. The van der Waals surface area contributed by atoms with E-state index in [1.807, 2.05) is 54.6 Å². The molecule has 2 amide bonds. The number of carbonyl (C=O) groups excluding carboxylic acids is 1. The number of hydrogen-bond acceptors (Lipinski definition) is 3. The average Bonchev–Trinajstić information content (AvgIpc) is 3.14. The third-order valence-electron chi connectivity index (χ3n) is 4.44. The molecule has 25 heavy (non-hydrogen) atoms. The van der Waals surface area contributed by atoms with Crippen LogP contribution in [0.25, 0.3) is 0 Å². The highest BCUT2D eigenvalue weighted by Gasteiger charge is 2.27. The molecule has 2 N–H and O–H groups in total. The van der Waals surface area contributed by atoms with E-state index >= 15 is 0 Å². The minimum atomic E-state index is -0.118. The third kappa shape index (κ3) is 4.73. The van der Waals surface area contributed by atoms with Gasteiger partial charge in [-0.15, -0.1) is 0 Å². The normalized spacial score (nSPS) is 16.7. The van der Waals surface area contributed by atoms with Gasteiger partial charge < -0.3 is 20.1 Å². The van der Waals surface area contributed by atoms with Crippen LogP contribution in [0.2, 0.25) is 0 Å². The molecule has 0 aliphatic carbocycles. The van der Waals surface area contributed by atoms with Crippen molar-refractivity contribution in [2.24, 2.45) is 0 Å². The molecule has 3 rings (SSSR count). The van der Waals surface area contributed by atoms with E-state index in [1.54, 1.807) is 4.90 Å². The van der Waals surface area contributed by atoms with Crippen LogP contribution in [0.4, 0.5) is 4.79 Å². The van der Waals surface area contributed by atoms with Gasteiger partial charge in [0.05, 0.1) is 12.6 Å². The number of amides is 2. The number of nitrogens with zero attached hydrogens (tertiary/aromatic N) is 1. The molecule has 1 fully saturated rings. The number of likely N-dealkylation sites (tertiary alicyclic amines) is 1. The second-order valence-electron chi connectivity index (χ2n) is 6.25. The van der Waals surface area contributed by atoms with Crippen LogP contribution in [0.1, 0.15) is 24.0 Å². The molecular formula is C20H24N2O3. The first-order valence-electron chi connectivity index (χ1n) is 8.67. The first-order valence-corrected chi connectivity index (χ1v) is 8.67. The van der Waals surface area contributed by atoms with Gasteiger partial charge in [0.25, 0.3) is 0 Å². The molecule has 1 atom stereocenters. The van der Waals surface area contributed by atoms with Crippen molar-refractivity contribution < 1.29 is 14.6 Å². The zero-order valence-electron chi connectivity index (χ0n) is 14.2. The Balaban J connectivity index is 1.52. The number of ether oxygens (including phenoxy) is 1. The largest absolute Gasteiger partial charge is 0.489 e. The Kier molecular flexibility index (Phi) is 5.90. The van der Waals surface area contributed by atoms with E-state index in [-0.39, 0.29) is 18.7 Å². The fourth-order valence-electron chi connectivity index (χ4n) is 3.06. The molecule has 0 aromatic heterocycles. The second-order valence-corrected chi connectivity index (χ2v) is 6.25. The summed E-state index contributed by atoms with van der Waals surface area (Å²) in [6.45, 7) is 1.69. The molecule has 132 valence electrons. The van der Waals surface area contributed by atoms with E-state index < -0.39 is 0 Å². The second kappa shape index (κ2) is 8.53. The topological polar surface area (TPSA) is 61.8 Å². The summed E-state index contributed by atoms with van der Waals surface area (Å²) in [5.74, 6) is 0.782. The Bertz CT molecular complexity index is 690. The summed E-state index contributed by atoms with van der Waals surface area (Å²) < 4.78 is 5.82. The number of benzene rings is 2. The molecule has 0 bridgehead atoms. The lowest BCUT2D eigenvalue weighted by atomic mass is 10.2. The highest BCUT2D eigenvalue weighted by Crippen LogP contribution is 2.18. The molecule has 0 saturated carbocycles. The van der Waals surface area contributed by atoms with Crippen molar-refractivity contribution in [3.05, 3.63) is 65.7 Å². The maximum Gasteiger partial charge on any atom is 0.317 e. The fourth-order valence-corrected chi connectivity index (χ4v) is 3.06. The molecular weight excluding hydrogens is 316 g/mol. The number of aliphatic hydroxyl groups excluding tert-OH is 1. The van der Waals surface area contributed by atoms with E-state index in [2.05, 4.69) is 5.32 Å². The number of carbonyl (C=O) groups is 1. The predicted octanol–water partition coefficient (Wildman–Crippen LogP) is 2.93. The van der Waals surface area contributed by atoms with E-state index in [9.17, 15) is 9.90 Å². The lowest BCUT2D eigenvalue weighted by Gasteiger charge is -2.23. The summed E-state index contributed by atoms with van der Waals surface area (Å²) >= 11 is 0. The quantitative estimate of drug-likeness (QED) is 0.850. The Hall–Kier alpha value is -2.53. The summed E-state index contributed by atoms with van der Waals surface area (Å²) in [7, 11) is 0. The van der Waals surface area contributed by atoms with Crippen LogP contribution < -0.4 is 10.1 Å². The van der Waals surface area contributed by atoms with Gasteiger partial charge in [0.1, 0.15) is 12.4 Å². The molecule has 1 aliphatic heterocycles. The molecule has 1 heterocycles. The van der Waals surface area contributed by atoms with Crippen molar-refractivity contribution in [3.8, 4) is 5.75 Å². The molecule has 0 radical (unpaired) electrons. The zero-order valence-corrected chi connectivity index (χ0v) is 14.2. The first kappa shape index (κ1) is 17.3. The lowest BCUT2D eigenvalue weighted by molar-refractivity contribution is 0.157. The van der Waals surface area contributed by atoms with Gasteiger partial charge in [0, 0.05) is 13.1 Å². The standard InChI is InChI=1S/C20H24N2O3/c23-14-18-9-5-11-22(18)20(24)21-13-17-8-4-10-19(12-17)25-15-16-6-2-1-3-7-16/h1-4,6-8,10,12,18,23H,5,9,11,13-15H2,(H,21,24). The Morgan fingerprint density at radius 2 is 1.96 bits per heavy atom. The van der Waals surface area contributed by atoms with Gasteiger partial charge in [-0.25, -0.2) is 4.79 Å². The van der Waals surface area contributed by atoms with Crippen LogP contribution in [0.5, 0.6) is 5.75 Å². The summed E-state index contributed by atoms with van der Waals surface area (Å²) in [5, 5.41) is 12.2. The van der Waals surface area contributed by atoms with E-state index in [4.69, 9.17) is 4.74 Å². The van der Waals surface area contributed by atoms with Crippen molar-refractivity contribution in [1.29, 1.82) is 0 Å². The van der Waals surface area contributed by atoms with Gasteiger partial charge in [-0.1, -0.05) is 42.5 Å². The van der Waals surface area contributed by atoms with E-state index in [0.29, 0.717) is 19.7 Å². The Morgan fingerprint density at radius 1 is 1.16 bits per heavy atom. The SMILES string of the molecule is O=C(NCc1cccc(OCc2ccccc2)c1)N1CCCC1CO. The first-order chi connectivity index (χ1) is 12.3. The lowest BCUT2D eigenvalue weighted by Crippen LogP contribution is -2.43. The molecule has 0 spiro atoms. The monoisotopic (exact) mass is 340 g/mol. The highest BCUT2D eigenvalue weighted by atomic mass is 16.5. The van der Waals surface area contributed by atoms with E-state index in [0.717, 1.165) is 29.7 Å². The number of nitrogens with one attached hydrogen (secondary N) is 1. The Morgan fingerprint density at radius 3 is 2.76 bits per heavy atom. The van der Waals surface area contributed by atoms with Gasteiger partial charge in [-0.3, -0.25) is 0 Å². The van der Waals surface area contributed by atoms with Crippen LogP contribution in [0.15, 0.2) is 54.6 Å². The molecule has 1 aliphatic rings. The smallest absolute Gasteiger partial charge is 0.317 e. The van der Waals surface area contributed by atoms with Gasteiger partial charge >= 0.3 is 6.03 Å². The van der Waals surface area contributed by atoms with Gasteiger partial charge in [0.15, 0.2) is 0 Å². The molecule has 5 heteroatoms. The molecule has 1 saturated heterocycles. The molecule has 2 aromatic rings. The number of urea groups is 1. The van der Waals surface area contributed by atoms with Crippen LogP contribution >= 0.6 is 0 Å². The molecule has 5 nitrogen and oxygen atoms in total. The summed E-state index contributed by atoms with van der Waals surface area (Å²) in [6.07, 6.45) is 1.81. The average molecular weight is 340 g/mol. The van der Waals surface area contributed by atoms with Gasteiger partial charge in [-0.05, 0) is 36.1 Å². The van der Waals surface area contributed by atoms with Crippen LogP contribution in [-0.4, -0.2) is 35.2 Å². The maximum atomic E-state index is 12.3. The third-order valence-corrected chi connectivity index (χ3v) is 4.44. The van der Waals surface area contributed by atoms with Gasteiger partial charge in [-0.2, -0.15) is 0 Å².